The number of unbranched alkanes of at least 4 members (excludes halogenated alkanes) is 3. The number of allylic oxidation sites excluding steroid dienone is 1. The van der Waals surface area contributed by atoms with Crippen LogP contribution in [0.5, 0.6) is 0 Å². The lowest BCUT2D eigenvalue weighted by Crippen LogP contribution is -2.20. The fraction of sp³-hybridized carbons (Fsp3) is 0.800. The van der Waals surface area contributed by atoms with Crippen LogP contribution in [0.1, 0.15) is 58.8 Å². The zero-order valence-electron chi connectivity index (χ0n) is 11.6. The summed E-state index contributed by atoms with van der Waals surface area (Å²) in [4.78, 5) is 11.8. The summed E-state index contributed by atoms with van der Waals surface area (Å²) >= 11 is 0. The van der Waals surface area contributed by atoms with E-state index < -0.39 is 0 Å². The van der Waals surface area contributed by atoms with Gasteiger partial charge in [0.2, 0.25) is 0 Å². The second-order valence-electron chi connectivity index (χ2n) is 5.36. The Hall–Kier alpha value is -0.630. The molecule has 0 aromatic rings. The van der Waals surface area contributed by atoms with Crippen molar-refractivity contribution in [3.8, 4) is 0 Å². The minimum atomic E-state index is 0.385. The van der Waals surface area contributed by atoms with Gasteiger partial charge < -0.3 is 5.73 Å². The van der Waals surface area contributed by atoms with E-state index in [1.54, 1.807) is 0 Å². The van der Waals surface area contributed by atoms with Crippen molar-refractivity contribution in [3.63, 3.8) is 0 Å². The average molecular weight is 239 g/mol. The van der Waals surface area contributed by atoms with Crippen LogP contribution in [0.2, 0.25) is 0 Å². The molecule has 0 aromatic carbocycles. The quantitative estimate of drug-likeness (QED) is 0.441. The number of Topliss-reactive ketones (excluding diaryl/α,β-unsaturated/α-hetero) is 1. The molecule has 0 radical (unpaired) electrons. The van der Waals surface area contributed by atoms with Gasteiger partial charge in [-0.25, -0.2) is 0 Å². The summed E-state index contributed by atoms with van der Waals surface area (Å²) in [5.74, 6) is 1.40. The third-order valence-corrected chi connectivity index (χ3v) is 3.02. The minimum absolute atomic E-state index is 0.385. The monoisotopic (exact) mass is 239 g/mol. The first kappa shape index (κ1) is 16.4. The third kappa shape index (κ3) is 10.3. The van der Waals surface area contributed by atoms with Crippen LogP contribution in [0.4, 0.5) is 0 Å². The van der Waals surface area contributed by atoms with Gasteiger partial charge in [0.1, 0.15) is 5.78 Å². The molecule has 0 aliphatic rings. The van der Waals surface area contributed by atoms with Crippen molar-refractivity contribution in [2.45, 2.75) is 58.8 Å². The number of nitrogens with two attached hydrogens (primary N) is 1. The highest BCUT2D eigenvalue weighted by Gasteiger charge is 2.13. The number of hydrogen-bond acceptors (Lipinski definition) is 2. The Kier molecular flexibility index (Phi) is 10.1. The largest absolute Gasteiger partial charge is 0.330 e. The van der Waals surface area contributed by atoms with E-state index in [1.807, 2.05) is 6.08 Å². The van der Waals surface area contributed by atoms with Crippen molar-refractivity contribution in [1.29, 1.82) is 0 Å². The van der Waals surface area contributed by atoms with E-state index >= 15 is 0 Å². The van der Waals surface area contributed by atoms with Crippen molar-refractivity contribution in [2.24, 2.45) is 17.6 Å². The van der Waals surface area contributed by atoms with Gasteiger partial charge in [-0.05, 0) is 44.1 Å². The lowest BCUT2D eigenvalue weighted by Gasteiger charge is -2.16. The zero-order chi connectivity index (χ0) is 13.1. The molecule has 0 saturated heterocycles. The van der Waals surface area contributed by atoms with Gasteiger partial charge in [-0.1, -0.05) is 26.3 Å². The Morgan fingerprint density at radius 2 is 2.00 bits per heavy atom. The van der Waals surface area contributed by atoms with Gasteiger partial charge in [-0.3, -0.25) is 4.79 Å². The van der Waals surface area contributed by atoms with Crippen molar-refractivity contribution < 1.29 is 4.79 Å². The molecule has 17 heavy (non-hydrogen) atoms. The predicted molar refractivity (Wildman–Crippen MR) is 74.9 cm³/mol. The molecule has 0 heterocycles. The molecule has 0 aromatic heterocycles. The summed E-state index contributed by atoms with van der Waals surface area (Å²) in [6.45, 7) is 8.70. The summed E-state index contributed by atoms with van der Waals surface area (Å²) in [5.41, 5.74) is 5.70. The molecule has 0 aliphatic carbocycles. The molecular weight excluding hydrogens is 210 g/mol. The Labute approximate surface area is 107 Å². The summed E-state index contributed by atoms with van der Waals surface area (Å²) in [6.07, 6.45) is 8.78. The van der Waals surface area contributed by atoms with Crippen LogP contribution >= 0.6 is 0 Å². The first-order valence-electron chi connectivity index (χ1n) is 6.92. The standard InChI is InChI=1S/C15H29NO/c1-4-5-6-7-8-9-15(17)11-14(12-16)10-13(2)3/h4,13-14H,1,5-12,16H2,2-3H3. The molecule has 1 atom stereocenters. The van der Waals surface area contributed by atoms with E-state index in [4.69, 9.17) is 5.73 Å². The molecule has 1 unspecified atom stereocenters. The van der Waals surface area contributed by atoms with Gasteiger partial charge in [0, 0.05) is 12.8 Å². The van der Waals surface area contributed by atoms with Crippen molar-refractivity contribution >= 4 is 5.78 Å². The van der Waals surface area contributed by atoms with Gasteiger partial charge in [-0.2, -0.15) is 0 Å². The van der Waals surface area contributed by atoms with Crippen molar-refractivity contribution in [1.82, 2.24) is 0 Å². The maximum atomic E-state index is 11.8. The molecule has 2 N–H and O–H groups in total. The maximum Gasteiger partial charge on any atom is 0.133 e. The van der Waals surface area contributed by atoms with Gasteiger partial charge in [-0.15, -0.1) is 6.58 Å². The Bertz CT molecular complexity index is 211. The Balaban J connectivity index is 3.64. The van der Waals surface area contributed by atoms with Gasteiger partial charge >= 0.3 is 0 Å². The van der Waals surface area contributed by atoms with Crippen LogP contribution in [0.3, 0.4) is 0 Å². The van der Waals surface area contributed by atoms with Crippen molar-refractivity contribution in [3.05, 3.63) is 12.7 Å². The van der Waals surface area contributed by atoms with E-state index in [0.717, 1.165) is 38.5 Å². The first-order valence-corrected chi connectivity index (χ1v) is 6.92. The van der Waals surface area contributed by atoms with E-state index in [1.165, 1.54) is 0 Å². The van der Waals surface area contributed by atoms with Crippen LogP contribution in [0.25, 0.3) is 0 Å². The van der Waals surface area contributed by atoms with Gasteiger partial charge in [0.05, 0.1) is 0 Å². The lowest BCUT2D eigenvalue weighted by atomic mass is 9.91. The minimum Gasteiger partial charge on any atom is -0.330 e. The molecule has 2 nitrogen and oxygen atoms in total. The second kappa shape index (κ2) is 10.5. The summed E-state index contributed by atoms with van der Waals surface area (Å²) in [5, 5.41) is 0. The maximum absolute atomic E-state index is 11.8. The molecule has 100 valence electrons. The molecule has 0 bridgehead atoms. The van der Waals surface area contributed by atoms with E-state index in [2.05, 4.69) is 20.4 Å². The molecule has 2 heteroatoms. The average Bonchev–Trinajstić information content (AvgIpc) is 2.27. The highest BCUT2D eigenvalue weighted by molar-refractivity contribution is 5.78. The highest BCUT2D eigenvalue weighted by Crippen LogP contribution is 2.16. The fourth-order valence-electron chi connectivity index (χ4n) is 2.14. The van der Waals surface area contributed by atoms with E-state index in [0.29, 0.717) is 30.6 Å². The molecule has 0 aliphatic heterocycles. The first-order chi connectivity index (χ1) is 8.10. The third-order valence-electron chi connectivity index (χ3n) is 3.02. The molecule has 0 rings (SSSR count). The second-order valence-corrected chi connectivity index (χ2v) is 5.36. The normalized spacial score (nSPS) is 12.7. The lowest BCUT2D eigenvalue weighted by molar-refractivity contribution is -0.120. The van der Waals surface area contributed by atoms with E-state index in [-0.39, 0.29) is 0 Å². The van der Waals surface area contributed by atoms with E-state index in [9.17, 15) is 4.79 Å². The Morgan fingerprint density at radius 1 is 1.29 bits per heavy atom. The number of rotatable bonds is 11. The topological polar surface area (TPSA) is 43.1 Å². The van der Waals surface area contributed by atoms with Gasteiger partial charge in [0.15, 0.2) is 0 Å². The summed E-state index contributed by atoms with van der Waals surface area (Å²) < 4.78 is 0. The number of carbonyl (C=O) groups is 1. The summed E-state index contributed by atoms with van der Waals surface area (Å²) in [6, 6.07) is 0. The Morgan fingerprint density at radius 3 is 2.53 bits per heavy atom. The highest BCUT2D eigenvalue weighted by atomic mass is 16.1. The predicted octanol–water partition coefficient (Wildman–Crippen LogP) is 3.70. The smallest absolute Gasteiger partial charge is 0.133 e. The van der Waals surface area contributed by atoms with Crippen LogP contribution in [-0.2, 0) is 4.79 Å². The molecule has 0 spiro atoms. The number of hydrogen-bond donors (Lipinski definition) is 1. The van der Waals surface area contributed by atoms with Crippen LogP contribution in [0, 0.1) is 11.8 Å². The SMILES string of the molecule is C=CCCCCCC(=O)CC(CN)CC(C)C. The van der Waals surface area contributed by atoms with Crippen LogP contribution in [0.15, 0.2) is 12.7 Å². The fourth-order valence-corrected chi connectivity index (χ4v) is 2.14. The van der Waals surface area contributed by atoms with Gasteiger partial charge in [0.25, 0.3) is 0 Å². The molecule has 0 fully saturated rings. The van der Waals surface area contributed by atoms with Crippen molar-refractivity contribution in [2.75, 3.05) is 6.54 Å². The van der Waals surface area contributed by atoms with Crippen LogP contribution in [-0.4, -0.2) is 12.3 Å². The molecule has 0 saturated carbocycles. The zero-order valence-corrected chi connectivity index (χ0v) is 11.6. The number of carbonyl (C=O) groups excluding carboxylic acids is 1. The molecular formula is C15H29NO. The molecule has 0 amide bonds. The summed E-state index contributed by atoms with van der Waals surface area (Å²) in [7, 11) is 0. The number of ketones is 1. The van der Waals surface area contributed by atoms with Crippen LogP contribution < -0.4 is 5.73 Å².